The Balaban J connectivity index is 1.84. The molecule has 3 atom stereocenters. The Morgan fingerprint density at radius 3 is 2.27 bits per heavy atom. The molecule has 0 saturated heterocycles. The van der Waals surface area contributed by atoms with Crippen molar-refractivity contribution in [3.63, 3.8) is 0 Å². The summed E-state index contributed by atoms with van der Waals surface area (Å²) >= 11 is 0. The van der Waals surface area contributed by atoms with Gasteiger partial charge < -0.3 is 25.3 Å². The molecule has 3 amide bonds. The minimum atomic E-state index is -1.30. The Kier molecular flexibility index (Phi) is 10.9. The minimum absolute atomic E-state index is 0.0932. The van der Waals surface area contributed by atoms with Crippen molar-refractivity contribution in [2.75, 3.05) is 0 Å². The van der Waals surface area contributed by atoms with E-state index in [4.69, 9.17) is 25.4 Å². The first kappa shape index (κ1) is 34.6. The number of nitrogens with one attached hydrogen (secondary N) is 2. The zero-order chi connectivity index (χ0) is 32.9. The number of hydrogen-bond donors (Lipinski definition) is 3. The fourth-order valence-electron chi connectivity index (χ4n) is 4.99. The number of hydrogen-bond acceptors (Lipinski definition) is 11. The molecule has 1 heterocycles. The average molecular weight is 615 g/mol. The molecule has 1 aromatic rings. The van der Waals surface area contributed by atoms with Gasteiger partial charge in [0, 0.05) is 18.5 Å². The minimum Gasteiger partial charge on any atom is -0.456 e. The molecule has 13 nitrogen and oxygen atoms in total. The predicted molar refractivity (Wildman–Crippen MR) is 163 cm³/mol. The second kappa shape index (κ2) is 13.8. The SMILES string of the molecule is CC(N)C(=O)NC(=N)c1ccc(CN(C(=O)OC(C)(C)C)C(=O)O[C@]2(N=CC(=O)OC(C)(C)C)CC2C2CCCCC2)cn1. The molecule has 0 radical (unpaired) electrons. The van der Waals surface area contributed by atoms with E-state index in [0.717, 1.165) is 43.2 Å². The molecule has 44 heavy (non-hydrogen) atoms. The van der Waals surface area contributed by atoms with E-state index in [-0.39, 0.29) is 29.9 Å². The quantitative estimate of drug-likeness (QED) is 0.165. The maximum Gasteiger partial charge on any atom is 0.421 e. The van der Waals surface area contributed by atoms with Crippen LogP contribution in [0.3, 0.4) is 0 Å². The van der Waals surface area contributed by atoms with Gasteiger partial charge in [0.2, 0.25) is 11.6 Å². The van der Waals surface area contributed by atoms with E-state index in [1.54, 1.807) is 47.6 Å². The van der Waals surface area contributed by atoms with Crippen LogP contribution in [0.4, 0.5) is 9.59 Å². The Morgan fingerprint density at radius 1 is 1.09 bits per heavy atom. The number of carbonyl (C=O) groups excluding carboxylic acids is 4. The van der Waals surface area contributed by atoms with Crippen LogP contribution >= 0.6 is 0 Å². The number of nitrogens with zero attached hydrogens (tertiary/aromatic N) is 3. The molecule has 0 aliphatic heterocycles. The Morgan fingerprint density at radius 2 is 1.73 bits per heavy atom. The molecule has 2 aliphatic carbocycles. The van der Waals surface area contributed by atoms with E-state index < -0.39 is 47.0 Å². The first-order valence-electron chi connectivity index (χ1n) is 15.0. The topological polar surface area (TPSA) is 186 Å². The van der Waals surface area contributed by atoms with Gasteiger partial charge in [-0.3, -0.25) is 15.2 Å². The second-order valence-corrected chi connectivity index (χ2v) is 13.5. The van der Waals surface area contributed by atoms with E-state index in [1.807, 2.05) is 0 Å². The lowest BCUT2D eigenvalue weighted by molar-refractivity contribution is -0.145. The van der Waals surface area contributed by atoms with Crippen molar-refractivity contribution in [1.82, 2.24) is 15.2 Å². The summed E-state index contributed by atoms with van der Waals surface area (Å²) < 4.78 is 16.8. The van der Waals surface area contributed by atoms with Crippen LogP contribution in [0.5, 0.6) is 0 Å². The Labute approximate surface area is 258 Å². The molecule has 2 unspecified atom stereocenters. The van der Waals surface area contributed by atoms with Gasteiger partial charge in [-0.15, -0.1) is 0 Å². The Hall–Kier alpha value is -3.87. The zero-order valence-corrected chi connectivity index (χ0v) is 26.8. The summed E-state index contributed by atoms with van der Waals surface area (Å²) in [6.45, 7) is 11.5. The molecule has 2 fully saturated rings. The molecule has 0 aromatic carbocycles. The molecule has 2 saturated carbocycles. The molecule has 4 N–H and O–H groups in total. The molecule has 242 valence electrons. The smallest absolute Gasteiger partial charge is 0.421 e. The highest BCUT2D eigenvalue weighted by Gasteiger charge is 2.62. The van der Waals surface area contributed by atoms with Crippen LogP contribution in [-0.2, 0) is 30.3 Å². The first-order valence-corrected chi connectivity index (χ1v) is 15.0. The summed E-state index contributed by atoms with van der Waals surface area (Å²) in [7, 11) is 0. The molecular formula is C31H46N6O7. The van der Waals surface area contributed by atoms with Gasteiger partial charge in [0.05, 0.1) is 12.6 Å². The number of amidine groups is 1. The molecule has 0 bridgehead atoms. The number of amides is 3. The molecule has 0 spiro atoms. The number of esters is 1. The number of ether oxygens (including phenoxy) is 3. The van der Waals surface area contributed by atoms with Crippen molar-refractivity contribution in [2.45, 2.75) is 117 Å². The van der Waals surface area contributed by atoms with Gasteiger partial charge in [-0.25, -0.2) is 24.3 Å². The van der Waals surface area contributed by atoms with Crippen molar-refractivity contribution in [2.24, 2.45) is 22.6 Å². The highest BCUT2D eigenvalue weighted by atomic mass is 16.6. The van der Waals surface area contributed by atoms with Gasteiger partial charge in [0.15, 0.2) is 5.84 Å². The van der Waals surface area contributed by atoms with Crippen LogP contribution in [0, 0.1) is 17.2 Å². The van der Waals surface area contributed by atoms with Gasteiger partial charge in [0.1, 0.15) is 23.1 Å². The van der Waals surface area contributed by atoms with Crippen molar-refractivity contribution in [3.05, 3.63) is 29.6 Å². The third-order valence-electron chi connectivity index (χ3n) is 7.13. The lowest BCUT2D eigenvalue weighted by Crippen LogP contribution is -2.43. The van der Waals surface area contributed by atoms with Gasteiger partial charge in [-0.2, -0.15) is 0 Å². The summed E-state index contributed by atoms with van der Waals surface area (Å²) in [5.41, 5.74) is 3.23. The van der Waals surface area contributed by atoms with Crippen molar-refractivity contribution in [3.8, 4) is 0 Å². The molecule has 2 aliphatic rings. The maximum absolute atomic E-state index is 13.7. The standard InChI is InChI=1S/C31H46N6O7/c1-19(32)26(39)36-25(33)23-14-13-20(16-34-23)18-37(27(40)43-30(5,6)7)28(41)44-31(35-17-24(38)42-29(2,3)4)15-22(31)21-11-9-8-10-12-21/h13-14,16-17,19,21-22H,8-12,15,18,32H2,1-7H3,(H2,33,36,39)/t19?,22?,31-/m1/s1. The summed E-state index contributed by atoms with van der Waals surface area (Å²) in [5.74, 6) is -1.24. The van der Waals surface area contributed by atoms with E-state index in [2.05, 4.69) is 15.3 Å². The van der Waals surface area contributed by atoms with E-state index in [1.165, 1.54) is 19.2 Å². The number of imide groups is 1. The van der Waals surface area contributed by atoms with Gasteiger partial charge in [0.25, 0.3) is 0 Å². The summed E-state index contributed by atoms with van der Waals surface area (Å²) in [5, 5.41) is 10.4. The third-order valence-corrected chi connectivity index (χ3v) is 7.13. The lowest BCUT2D eigenvalue weighted by atomic mass is 9.85. The monoisotopic (exact) mass is 614 g/mol. The maximum atomic E-state index is 13.7. The highest BCUT2D eigenvalue weighted by Crippen LogP contribution is 2.56. The Bertz CT molecular complexity index is 1260. The molecule has 1 aromatic heterocycles. The first-order chi connectivity index (χ1) is 20.4. The van der Waals surface area contributed by atoms with Gasteiger partial charge in [-0.05, 0) is 78.9 Å². The fraction of sp³-hybridized carbons (Fsp3) is 0.645. The number of aromatic nitrogens is 1. The van der Waals surface area contributed by atoms with Crippen LogP contribution in [-0.4, -0.2) is 69.0 Å². The molecule has 3 rings (SSSR count). The highest BCUT2D eigenvalue weighted by molar-refractivity contribution is 6.23. The molecular weight excluding hydrogens is 568 g/mol. The van der Waals surface area contributed by atoms with Crippen molar-refractivity contribution >= 4 is 36.1 Å². The third kappa shape index (κ3) is 10.1. The molecule has 13 heteroatoms. The van der Waals surface area contributed by atoms with Gasteiger partial charge in [-0.1, -0.05) is 25.3 Å². The van der Waals surface area contributed by atoms with Crippen LogP contribution < -0.4 is 11.1 Å². The largest absolute Gasteiger partial charge is 0.456 e. The van der Waals surface area contributed by atoms with Crippen LogP contribution in [0.15, 0.2) is 23.3 Å². The van der Waals surface area contributed by atoms with Crippen molar-refractivity contribution < 1.29 is 33.4 Å². The average Bonchev–Trinajstić information content (AvgIpc) is 3.63. The zero-order valence-electron chi connectivity index (χ0n) is 26.8. The normalized spacial score (nSPS) is 21.2. The summed E-state index contributed by atoms with van der Waals surface area (Å²) in [6.07, 6.45) is 6.19. The second-order valence-electron chi connectivity index (χ2n) is 13.5. The number of carbonyl (C=O) groups is 4. The van der Waals surface area contributed by atoms with Crippen LogP contribution in [0.25, 0.3) is 0 Å². The number of pyridine rings is 1. The van der Waals surface area contributed by atoms with E-state index in [9.17, 15) is 19.2 Å². The number of aliphatic imine (C=N–C) groups is 1. The predicted octanol–water partition coefficient (Wildman–Crippen LogP) is 4.45. The van der Waals surface area contributed by atoms with E-state index in [0.29, 0.717) is 12.0 Å². The van der Waals surface area contributed by atoms with Crippen LogP contribution in [0.1, 0.15) is 98.2 Å². The number of nitrogens with two attached hydrogens (primary N) is 1. The van der Waals surface area contributed by atoms with Crippen LogP contribution in [0.2, 0.25) is 0 Å². The number of rotatable bonds is 8. The summed E-state index contributed by atoms with van der Waals surface area (Å²) in [4.78, 5) is 60.7. The van der Waals surface area contributed by atoms with E-state index >= 15 is 0 Å². The van der Waals surface area contributed by atoms with Crippen molar-refractivity contribution in [1.29, 1.82) is 5.41 Å². The van der Waals surface area contributed by atoms with Gasteiger partial charge >= 0.3 is 18.2 Å². The lowest BCUT2D eigenvalue weighted by Gasteiger charge is -2.28. The fourth-order valence-corrected chi connectivity index (χ4v) is 4.99. The summed E-state index contributed by atoms with van der Waals surface area (Å²) in [6, 6.07) is 2.24.